The van der Waals surface area contributed by atoms with Crippen LogP contribution in [0.1, 0.15) is 28.4 Å². The normalized spacial score (nSPS) is 13.5. The molecule has 0 atom stereocenters. The van der Waals surface area contributed by atoms with E-state index in [1.165, 1.54) is 12.1 Å². The van der Waals surface area contributed by atoms with Gasteiger partial charge in [-0.2, -0.15) is 0 Å². The molecule has 0 aliphatic carbocycles. The fourth-order valence-electron chi connectivity index (χ4n) is 3.75. The second kappa shape index (κ2) is 11.1. The van der Waals surface area contributed by atoms with Crippen molar-refractivity contribution in [3.8, 4) is 11.5 Å². The molecule has 0 N–H and O–H groups in total. The van der Waals surface area contributed by atoms with Gasteiger partial charge in [0.25, 0.3) is 5.91 Å². The maximum absolute atomic E-state index is 12.7. The Labute approximate surface area is 202 Å². The molecular weight excluding hydrogens is 454 g/mol. The zero-order valence-electron chi connectivity index (χ0n) is 19.7. The summed E-state index contributed by atoms with van der Waals surface area (Å²) in [5.74, 6) is -0.0468. The fraction of sp³-hybridized carbons (Fsp3) is 0.346. The molecule has 35 heavy (non-hydrogen) atoms. The van der Waals surface area contributed by atoms with Crippen LogP contribution in [0.2, 0.25) is 0 Å². The third-order valence-corrected chi connectivity index (χ3v) is 5.54. The van der Waals surface area contributed by atoms with Crippen LogP contribution in [0.25, 0.3) is 11.0 Å². The number of benzene rings is 2. The Morgan fingerprint density at radius 1 is 1.00 bits per heavy atom. The molecule has 3 aromatic rings. The predicted molar refractivity (Wildman–Crippen MR) is 127 cm³/mol. The highest BCUT2D eigenvalue weighted by atomic mass is 16.5. The molecule has 9 heteroatoms. The summed E-state index contributed by atoms with van der Waals surface area (Å²) in [5, 5.41) is 0.701. The largest absolute Gasteiger partial charge is 0.490 e. The summed E-state index contributed by atoms with van der Waals surface area (Å²) in [6.45, 7) is 5.89. The van der Waals surface area contributed by atoms with E-state index in [0.29, 0.717) is 60.9 Å². The minimum absolute atomic E-state index is 0.0970. The van der Waals surface area contributed by atoms with Gasteiger partial charge in [0.15, 0.2) is 18.1 Å². The second-order valence-corrected chi connectivity index (χ2v) is 8.04. The van der Waals surface area contributed by atoms with E-state index in [1.54, 1.807) is 30.0 Å². The first-order chi connectivity index (χ1) is 16.9. The highest BCUT2D eigenvalue weighted by molar-refractivity contribution is 5.90. The molecule has 9 nitrogen and oxygen atoms in total. The molecule has 184 valence electrons. The van der Waals surface area contributed by atoms with Gasteiger partial charge in [-0.25, -0.2) is 9.59 Å². The van der Waals surface area contributed by atoms with Crippen molar-refractivity contribution in [2.75, 3.05) is 39.5 Å². The van der Waals surface area contributed by atoms with Crippen molar-refractivity contribution in [1.29, 1.82) is 0 Å². The Morgan fingerprint density at radius 2 is 1.80 bits per heavy atom. The van der Waals surface area contributed by atoms with Crippen molar-refractivity contribution in [2.45, 2.75) is 20.5 Å². The molecule has 0 radical (unpaired) electrons. The van der Waals surface area contributed by atoms with Crippen LogP contribution >= 0.6 is 0 Å². The molecule has 1 fully saturated rings. The first-order valence-corrected chi connectivity index (χ1v) is 11.4. The Hall–Kier alpha value is -3.85. The predicted octanol–water partition coefficient (Wildman–Crippen LogP) is 3.09. The van der Waals surface area contributed by atoms with E-state index in [4.69, 9.17) is 23.4 Å². The molecule has 0 unspecified atom stereocenters. The molecule has 1 saturated heterocycles. The number of carbonyl (C=O) groups excluding carboxylic acids is 2. The SMILES string of the molecule is CCOc1cc(C(=O)OCc2cc(=O)oc3cc(C)ccc23)ccc1OCC(=O)N1CCOCC1. The van der Waals surface area contributed by atoms with Crippen LogP contribution < -0.4 is 15.1 Å². The van der Waals surface area contributed by atoms with Crippen LogP contribution in [0.5, 0.6) is 11.5 Å². The highest BCUT2D eigenvalue weighted by Crippen LogP contribution is 2.29. The number of carbonyl (C=O) groups is 2. The third kappa shape index (κ3) is 5.99. The van der Waals surface area contributed by atoms with E-state index < -0.39 is 11.6 Å². The molecule has 2 aromatic carbocycles. The first-order valence-electron chi connectivity index (χ1n) is 11.4. The quantitative estimate of drug-likeness (QED) is 0.357. The number of rotatable bonds is 8. The molecule has 2 heterocycles. The van der Waals surface area contributed by atoms with Gasteiger partial charge in [-0.05, 0) is 43.7 Å². The van der Waals surface area contributed by atoms with Crippen molar-refractivity contribution in [2.24, 2.45) is 0 Å². The Kier molecular flexibility index (Phi) is 7.67. The van der Waals surface area contributed by atoms with E-state index in [-0.39, 0.29) is 24.7 Å². The zero-order valence-corrected chi connectivity index (χ0v) is 19.7. The Morgan fingerprint density at radius 3 is 2.57 bits per heavy atom. The van der Waals surface area contributed by atoms with E-state index in [1.807, 2.05) is 19.1 Å². The van der Waals surface area contributed by atoms with E-state index in [9.17, 15) is 14.4 Å². The number of ether oxygens (including phenoxy) is 4. The lowest BCUT2D eigenvalue weighted by molar-refractivity contribution is -0.137. The molecule has 1 aliphatic rings. The van der Waals surface area contributed by atoms with Crippen LogP contribution in [0.15, 0.2) is 51.7 Å². The van der Waals surface area contributed by atoms with Gasteiger partial charge in [-0.15, -0.1) is 0 Å². The van der Waals surface area contributed by atoms with Gasteiger partial charge in [0, 0.05) is 30.1 Å². The van der Waals surface area contributed by atoms with E-state index in [2.05, 4.69) is 0 Å². The van der Waals surface area contributed by atoms with E-state index in [0.717, 1.165) is 5.56 Å². The molecule has 0 bridgehead atoms. The summed E-state index contributed by atoms with van der Waals surface area (Å²) < 4.78 is 27.3. The van der Waals surface area contributed by atoms with Gasteiger partial charge < -0.3 is 28.3 Å². The number of esters is 1. The average Bonchev–Trinajstić information content (AvgIpc) is 2.86. The maximum atomic E-state index is 12.7. The standard InChI is InChI=1S/C26H27NO8/c1-3-32-23-13-18(5-7-21(23)33-16-24(28)27-8-10-31-11-9-27)26(30)34-15-19-14-25(29)35-22-12-17(2)4-6-20(19)22/h4-7,12-14H,3,8-11,15-16H2,1-2H3. The van der Waals surface area contributed by atoms with Gasteiger partial charge in [0.1, 0.15) is 12.2 Å². The zero-order chi connectivity index (χ0) is 24.8. The smallest absolute Gasteiger partial charge is 0.338 e. The van der Waals surface area contributed by atoms with Crippen molar-refractivity contribution in [1.82, 2.24) is 4.90 Å². The van der Waals surface area contributed by atoms with Gasteiger partial charge in [-0.1, -0.05) is 12.1 Å². The van der Waals surface area contributed by atoms with Crippen molar-refractivity contribution < 1.29 is 33.0 Å². The fourth-order valence-corrected chi connectivity index (χ4v) is 3.75. The summed E-state index contributed by atoms with van der Waals surface area (Å²) >= 11 is 0. The molecule has 1 aliphatic heterocycles. The molecule has 1 amide bonds. The van der Waals surface area contributed by atoms with Crippen molar-refractivity contribution >= 4 is 22.8 Å². The van der Waals surface area contributed by atoms with E-state index >= 15 is 0 Å². The summed E-state index contributed by atoms with van der Waals surface area (Å²) in [6, 6.07) is 11.4. The molecule has 0 spiro atoms. The minimum atomic E-state index is -0.588. The maximum Gasteiger partial charge on any atom is 0.338 e. The molecule has 1 aromatic heterocycles. The summed E-state index contributed by atoms with van der Waals surface area (Å²) in [6.07, 6.45) is 0. The topological polar surface area (TPSA) is 105 Å². The summed E-state index contributed by atoms with van der Waals surface area (Å²) in [7, 11) is 0. The van der Waals surface area contributed by atoms with Gasteiger partial charge in [-0.3, -0.25) is 4.79 Å². The Balaban J connectivity index is 1.44. The van der Waals surface area contributed by atoms with Gasteiger partial charge >= 0.3 is 11.6 Å². The van der Waals surface area contributed by atoms with Gasteiger partial charge in [0.2, 0.25) is 0 Å². The van der Waals surface area contributed by atoms with Crippen molar-refractivity contribution in [3.63, 3.8) is 0 Å². The third-order valence-electron chi connectivity index (χ3n) is 5.54. The number of aryl methyl sites for hydroxylation is 1. The average molecular weight is 482 g/mol. The highest BCUT2D eigenvalue weighted by Gasteiger charge is 2.19. The lowest BCUT2D eigenvalue weighted by atomic mass is 10.1. The lowest BCUT2D eigenvalue weighted by Crippen LogP contribution is -2.43. The second-order valence-electron chi connectivity index (χ2n) is 8.04. The number of hydrogen-bond acceptors (Lipinski definition) is 8. The molecule has 4 rings (SSSR count). The minimum Gasteiger partial charge on any atom is -0.490 e. The molecular formula is C26H27NO8. The lowest BCUT2D eigenvalue weighted by Gasteiger charge is -2.26. The molecule has 0 saturated carbocycles. The number of amides is 1. The number of fused-ring (bicyclic) bond motifs is 1. The van der Waals surface area contributed by atoms with Crippen molar-refractivity contribution in [3.05, 3.63) is 69.6 Å². The monoisotopic (exact) mass is 481 g/mol. The van der Waals surface area contributed by atoms with Crippen LogP contribution in [-0.4, -0.2) is 56.3 Å². The van der Waals surface area contributed by atoms with Gasteiger partial charge in [0.05, 0.1) is 25.4 Å². The van der Waals surface area contributed by atoms with Crippen LogP contribution in [-0.2, 0) is 20.9 Å². The van der Waals surface area contributed by atoms with Crippen LogP contribution in [0, 0.1) is 6.92 Å². The Bertz CT molecular complexity index is 1280. The number of hydrogen-bond donors (Lipinski definition) is 0. The number of nitrogens with zero attached hydrogens (tertiary/aromatic N) is 1. The first kappa shape index (κ1) is 24.3. The summed E-state index contributed by atoms with van der Waals surface area (Å²) in [5.41, 5.74) is 1.68. The van der Waals surface area contributed by atoms with Crippen LogP contribution in [0.3, 0.4) is 0 Å². The van der Waals surface area contributed by atoms with Crippen LogP contribution in [0.4, 0.5) is 0 Å². The number of morpholine rings is 1. The summed E-state index contributed by atoms with van der Waals surface area (Å²) in [4.78, 5) is 38.7.